The van der Waals surface area contributed by atoms with Crippen molar-refractivity contribution in [2.75, 3.05) is 0 Å². The lowest BCUT2D eigenvalue weighted by Crippen LogP contribution is -2.16. The number of pyridine rings is 1. The van der Waals surface area contributed by atoms with E-state index in [0.717, 1.165) is 11.1 Å². The Balaban J connectivity index is 1.75. The highest BCUT2D eigenvalue weighted by Crippen LogP contribution is 2.33. The summed E-state index contributed by atoms with van der Waals surface area (Å²) in [6.45, 7) is 0. The zero-order chi connectivity index (χ0) is 19.0. The minimum atomic E-state index is -0.510. The van der Waals surface area contributed by atoms with Crippen LogP contribution in [0.15, 0.2) is 63.7 Å². The summed E-state index contributed by atoms with van der Waals surface area (Å²) in [4.78, 5) is 4.18. The third-order valence-corrected chi connectivity index (χ3v) is 4.79. The lowest BCUT2D eigenvalue weighted by atomic mass is 9.94. The number of benzene rings is 2. The fourth-order valence-electron chi connectivity index (χ4n) is 3.06. The van der Waals surface area contributed by atoms with E-state index in [-0.39, 0.29) is 12.1 Å². The van der Waals surface area contributed by atoms with E-state index in [2.05, 4.69) is 26.1 Å². The first-order chi connectivity index (χ1) is 13.0. The van der Waals surface area contributed by atoms with Crippen LogP contribution in [0.5, 0.6) is 0 Å². The molecule has 0 aliphatic rings. The molecule has 0 amide bonds. The van der Waals surface area contributed by atoms with Crippen molar-refractivity contribution in [3.63, 3.8) is 0 Å². The van der Waals surface area contributed by atoms with E-state index in [1.165, 1.54) is 18.2 Å². The molecule has 0 spiro atoms. The van der Waals surface area contributed by atoms with E-state index in [4.69, 9.17) is 10.3 Å². The second kappa shape index (κ2) is 7.17. The van der Waals surface area contributed by atoms with Gasteiger partial charge in [-0.3, -0.25) is 0 Å². The van der Waals surface area contributed by atoms with Gasteiger partial charge in [-0.25, -0.2) is 13.8 Å². The number of aromatic nitrogens is 2. The lowest BCUT2D eigenvalue weighted by Gasteiger charge is -2.16. The molecule has 2 aromatic carbocycles. The number of halogens is 3. The number of fused-ring (bicyclic) bond motifs is 1. The van der Waals surface area contributed by atoms with Crippen molar-refractivity contribution in [3.8, 4) is 11.3 Å². The van der Waals surface area contributed by atoms with Gasteiger partial charge in [-0.1, -0.05) is 29.4 Å². The van der Waals surface area contributed by atoms with E-state index in [1.807, 2.05) is 24.3 Å². The number of hydrogen-bond acceptors (Lipinski definition) is 4. The number of nitrogens with zero attached hydrogens (tertiary/aromatic N) is 2. The Morgan fingerprint density at radius 1 is 1.07 bits per heavy atom. The average molecular weight is 430 g/mol. The molecular weight excluding hydrogens is 416 g/mol. The molecule has 2 N–H and O–H groups in total. The molecule has 7 heteroatoms. The van der Waals surface area contributed by atoms with Crippen molar-refractivity contribution in [1.82, 2.24) is 10.1 Å². The second-order valence-electron chi connectivity index (χ2n) is 6.13. The predicted molar refractivity (Wildman–Crippen MR) is 102 cm³/mol. The fraction of sp³-hybridized carbons (Fsp3) is 0.100. The van der Waals surface area contributed by atoms with Gasteiger partial charge in [-0.2, -0.15) is 0 Å². The first-order valence-electron chi connectivity index (χ1n) is 8.23. The van der Waals surface area contributed by atoms with E-state index in [0.29, 0.717) is 21.3 Å². The molecule has 0 aliphatic heterocycles. The molecular formula is C20H14BrF2N3O. The highest BCUT2D eigenvalue weighted by molar-refractivity contribution is 9.10. The summed E-state index contributed by atoms with van der Waals surface area (Å²) in [6.07, 6.45) is 0.215. The Morgan fingerprint density at radius 2 is 1.89 bits per heavy atom. The van der Waals surface area contributed by atoms with Crippen LogP contribution >= 0.6 is 15.9 Å². The molecule has 0 bridgehead atoms. The fourth-order valence-corrected chi connectivity index (χ4v) is 3.41. The average Bonchev–Trinajstić information content (AvgIpc) is 3.07. The second-order valence-corrected chi connectivity index (χ2v) is 6.94. The molecule has 0 fully saturated rings. The number of rotatable bonds is 4. The van der Waals surface area contributed by atoms with Crippen LogP contribution in [0.25, 0.3) is 22.2 Å². The summed E-state index contributed by atoms with van der Waals surface area (Å²) in [5.41, 5.74) is 9.11. The van der Waals surface area contributed by atoms with Gasteiger partial charge in [0, 0.05) is 29.5 Å². The summed E-state index contributed by atoms with van der Waals surface area (Å²) < 4.78 is 33.3. The van der Waals surface area contributed by atoms with Gasteiger partial charge in [0.05, 0.1) is 5.69 Å². The molecule has 27 heavy (non-hydrogen) atoms. The Hall–Kier alpha value is -2.64. The van der Waals surface area contributed by atoms with Crippen LogP contribution in [0, 0.1) is 11.6 Å². The van der Waals surface area contributed by atoms with Crippen LogP contribution in [0.2, 0.25) is 0 Å². The molecule has 4 nitrogen and oxygen atoms in total. The largest absolute Gasteiger partial charge is 0.356 e. The quantitative estimate of drug-likeness (QED) is 0.454. The van der Waals surface area contributed by atoms with E-state index >= 15 is 0 Å². The third kappa shape index (κ3) is 3.48. The molecule has 136 valence electrons. The van der Waals surface area contributed by atoms with Crippen LogP contribution in [0.4, 0.5) is 8.78 Å². The molecule has 2 aromatic heterocycles. The summed E-state index contributed by atoms with van der Waals surface area (Å²) in [7, 11) is 0. The Labute approximate surface area is 162 Å². The topological polar surface area (TPSA) is 64.9 Å². The zero-order valence-electron chi connectivity index (χ0n) is 14.0. The maximum Gasteiger partial charge on any atom is 0.170 e. The molecule has 4 aromatic rings. The van der Waals surface area contributed by atoms with Crippen molar-refractivity contribution < 1.29 is 13.3 Å². The van der Waals surface area contributed by atoms with Gasteiger partial charge in [-0.05, 0) is 45.8 Å². The van der Waals surface area contributed by atoms with Crippen LogP contribution in [-0.2, 0) is 6.42 Å². The normalized spacial score (nSPS) is 12.4. The standard InChI is InChI=1S/C20H14BrF2N3O/c21-19-8-7-15(23)17(25-19)10-16(24)12-3-1-2-4-13(12)20-14-6-5-11(22)9-18(14)27-26-20/h1-9,16H,10,24H2. The van der Waals surface area contributed by atoms with Crippen LogP contribution in [-0.4, -0.2) is 10.1 Å². The van der Waals surface area contributed by atoms with E-state index < -0.39 is 17.7 Å². The number of nitrogens with two attached hydrogens (primary N) is 1. The first kappa shape index (κ1) is 17.8. The summed E-state index contributed by atoms with van der Waals surface area (Å²) in [6, 6.07) is 14.1. The van der Waals surface area contributed by atoms with Crippen LogP contribution in [0.1, 0.15) is 17.3 Å². The lowest BCUT2D eigenvalue weighted by molar-refractivity contribution is 0.457. The summed E-state index contributed by atoms with van der Waals surface area (Å²) in [5.74, 6) is -0.806. The maximum absolute atomic E-state index is 14.1. The van der Waals surface area contributed by atoms with E-state index in [9.17, 15) is 8.78 Å². The monoisotopic (exact) mass is 429 g/mol. The van der Waals surface area contributed by atoms with Crippen molar-refractivity contribution in [1.29, 1.82) is 0 Å². The SMILES string of the molecule is NC(Cc1nc(Br)ccc1F)c1ccccc1-c1noc2cc(F)ccc12. The third-order valence-electron chi connectivity index (χ3n) is 4.35. The van der Waals surface area contributed by atoms with Crippen LogP contribution < -0.4 is 5.73 Å². The van der Waals surface area contributed by atoms with Gasteiger partial charge in [-0.15, -0.1) is 0 Å². The maximum atomic E-state index is 14.1. The van der Waals surface area contributed by atoms with E-state index in [1.54, 1.807) is 12.1 Å². The molecule has 0 radical (unpaired) electrons. The smallest absolute Gasteiger partial charge is 0.170 e. The molecule has 2 heterocycles. The van der Waals surface area contributed by atoms with Gasteiger partial charge in [0.15, 0.2) is 5.58 Å². The van der Waals surface area contributed by atoms with Crippen molar-refractivity contribution in [3.05, 3.63) is 82.1 Å². The van der Waals surface area contributed by atoms with Crippen molar-refractivity contribution in [2.45, 2.75) is 12.5 Å². The molecule has 4 rings (SSSR count). The highest BCUT2D eigenvalue weighted by atomic mass is 79.9. The van der Waals surface area contributed by atoms with Crippen molar-refractivity contribution in [2.24, 2.45) is 5.73 Å². The molecule has 0 saturated heterocycles. The van der Waals surface area contributed by atoms with Gasteiger partial charge in [0.25, 0.3) is 0 Å². The first-order valence-corrected chi connectivity index (χ1v) is 9.03. The van der Waals surface area contributed by atoms with Gasteiger partial charge < -0.3 is 10.3 Å². The predicted octanol–water partition coefficient (Wildman–Crippen LogP) is 5.17. The molecule has 0 aliphatic carbocycles. The van der Waals surface area contributed by atoms with Crippen molar-refractivity contribution >= 4 is 26.9 Å². The molecule has 1 atom stereocenters. The summed E-state index contributed by atoms with van der Waals surface area (Å²) in [5, 5.41) is 4.78. The molecule has 1 unspecified atom stereocenters. The highest BCUT2D eigenvalue weighted by Gasteiger charge is 2.19. The molecule has 0 saturated carbocycles. The number of hydrogen-bond donors (Lipinski definition) is 1. The summed E-state index contributed by atoms with van der Waals surface area (Å²) >= 11 is 3.25. The van der Waals surface area contributed by atoms with Crippen LogP contribution in [0.3, 0.4) is 0 Å². The zero-order valence-corrected chi connectivity index (χ0v) is 15.6. The minimum absolute atomic E-state index is 0.215. The Morgan fingerprint density at radius 3 is 2.74 bits per heavy atom. The van der Waals surface area contributed by atoms with Gasteiger partial charge in [0.1, 0.15) is 21.9 Å². The Bertz CT molecular complexity index is 1130. The van der Waals surface area contributed by atoms with Gasteiger partial charge in [0.2, 0.25) is 0 Å². The minimum Gasteiger partial charge on any atom is -0.356 e. The van der Waals surface area contributed by atoms with Gasteiger partial charge >= 0.3 is 0 Å². The Kier molecular flexibility index (Phi) is 4.72.